The fourth-order valence-corrected chi connectivity index (χ4v) is 1.53. The van der Waals surface area contributed by atoms with E-state index < -0.39 is 0 Å². The largest absolute Gasteiger partial charge is 0.493 e. The van der Waals surface area contributed by atoms with Crippen LogP contribution in [0.25, 0.3) is 0 Å². The van der Waals surface area contributed by atoms with Gasteiger partial charge in [-0.1, -0.05) is 27.7 Å². The Hall–Kier alpha value is -1.62. The minimum absolute atomic E-state index is 0.0958. The predicted octanol–water partition coefficient (Wildman–Crippen LogP) is 3.19. The maximum absolute atomic E-state index is 11.5. The smallest absolute Gasteiger partial charge is 0.228 e. The van der Waals surface area contributed by atoms with Gasteiger partial charge in [-0.15, -0.1) is 0 Å². The van der Waals surface area contributed by atoms with Crippen LogP contribution in [-0.4, -0.2) is 17.6 Å². The maximum atomic E-state index is 11.5. The van der Waals surface area contributed by atoms with Gasteiger partial charge in [0.25, 0.3) is 0 Å². The molecule has 1 amide bonds. The first-order valence-electron chi connectivity index (χ1n) is 6.73. The van der Waals surface area contributed by atoms with E-state index in [-0.39, 0.29) is 11.8 Å². The monoisotopic (exact) mass is 294 g/mol. The van der Waals surface area contributed by atoms with E-state index in [1.165, 1.54) is 0 Å². The number of amides is 1. The van der Waals surface area contributed by atoms with Crippen molar-refractivity contribution in [3.63, 3.8) is 0 Å². The molecule has 0 bridgehead atoms. The molecule has 2 N–H and O–H groups in total. The van der Waals surface area contributed by atoms with Gasteiger partial charge < -0.3 is 15.4 Å². The summed E-state index contributed by atoms with van der Waals surface area (Å²) in [6, 6.07) is 7.47. The average molecular weight is 294 g/mol. The minimum atomic E-state index is -0.0978. The summed E-state index contributed by atoms with van der Waals surface area (Å²) >= 11 is 5.08. The molecule has 0 saturated carbocycles. The van der Waals surface area contributed by atoms with Gasteiger partial charge in [0.15, 0.2) is 5.11 Å². The van der Waals surface area contributed by atoms with E-state index >= 15 is 0 Å². The Labute approximate surface area is 125 Å². The summed E-state index contributed by atoms with van der Waals surface area (Å²) in [6.07, 6.45) is 0. The van der Waals surface area contributed by atoms with Gasteiger partial charge in [-0.3, -0.25) is 4.79 Å². The number of anilines is 1. The molecule has 0 atom stereocenters. The summed E-state index contributed by atoms with van der Waals surface area (Å²) in [7, 11) is 0. The molecule has 0 aromatic heterocycles. The molecule has 1 rings (SSSR count). The molecule has 0 heterocycles. The van der Waals surface area contributed by atoms with E-state index in [4.69, 9.17) is 17.0 Å². The van der Waals surface area contributed by atoms with Gasteiger partial charge in [0, 0.05) is 11.6 Å². The fourth-order valence-electron chi connectivity index (χ4n) is 1.32. The summed E-state index contributed by atoms with van der Waals surface area (Å²) in [4.78, 5) is 11.5. The Morgan fingerprint density at radius 2 is 1.80 bits per heavy atom. The van der Waals surface area contributed by atoms with Gasteiger partial charge in [0.1, 0.15) is 5.75 Å². The van der Waals surface area contributed by atoms with Crippen molar-refractivity contribution in [1.29, 1.82) is 0 Å². The van der Waals surface area contributed by atoms with Crippen LogP contribution < -0.4 is 15.4 Å². The van der Waals surface area contributed by atoms with Crippen molar-refractivity contribution in [3.05, 3.63) is 24.3 Å². The highest BCUT2D eigenvalue weighted by Gasteiger charge is 2.08. The number of carbonyl (C=O) groups excluding carboxylic acids is 1. The van der Waals surface area contributed by atoms with Gasteiger partial charge in [-0.05, 0) is 42.4 Å². The van der Waals surface area contributed by atoms with E-state index in [1.807, 2.05) is 38.1 Å². The van der Waals surface area contributed by atoms with Gasteiger partial charge in [0.2, 0.25) is 5.91 Å². The molecule has 0 unspecified atom stereocenters. The highest BCUT2D eigenvalue weighted by molar-refractivity contribution is 7.80. The number of rotatable bonds is 5. The van der Waals surface area contributed by atoms with Crippen LogP contribution in [0.1, 0.15) is 27.7 Å². The third-order valence-electron chi connectivity index (χ3n) is 2.46. The Morgan fingerprint density at radius 3 is 2.30 bits per heavy atom. The number of benzene rings is 1. The van der Waals surface area contributed by atoms with Gasteiger partial charge in [-0.2, -0.15) is 0 Å². The van der Waals surface area contributed by atoms with Crippen molar-refractivity contribution in [2.24, 2.45) is 11.8 Å². The van der Waals surface area contributed by atoms with Crippen molar-refractivity contribution in [2.45, 2.75) is 27.7 Å². The summed E-state index contributed by atoms with van der Waals surface area (Å²) in [5, 5.41) is 5.90. The zero-order valence-electron chi connectivity index (χ0n) is 12.4. The third-order valence-corrected chi connectivity index (χ3v) is 2.66. The van der Waals surface area contributed by atoms with Crippen LogP contribution in [-0.2, 0) is 4.79 Å². The molecule has 0 aliphatic rings. The molecule has 0 aliphatic carbocycles. The first kappa shape index (κ1) is 16.4. The maximum Gasteiger partial charge on any atom is 0.228 e. The van der Waals surface area contributed by atoms with Crippen LogP contribution in [0.5, 0.6) is 5.75 Å². The Morgan fingerprint density at radius 1 is 1.20 bits per heavy atom. The first-order valence-corrected chi connectivity index (χ1v) is 7.14. The van der Waals surface area contributed by atoms with Crippen molar-refractivity contribution in [3.8, 4) is 5.75 Å². The quantitative estimate of drug-likeness (QED) is 0.819. The molecule has 0 aliphatic heterocycles. The molecule has 110 valence electrons. The first-order chi connectivity index (χ1) is 9.38. The van der Waals surface area contributed by atoms with E-state index in [9.17, 15) is 4.79 Å². The van der Waals surface area contributed by atoms with Crippen LogP contribution >= 0.6 is 12.2 Å². The molecular formula is C15H22N2O2S. The normalized spacial score (nSPS) is 10.5. The van der Waals surface area contributed by atoms with Crippen LogP contribution in [0.4, 0.5) is 5.69 Å². The van der Waals surface area contributed by atoms with Crippen LogP contribution in [0.2, 0.25) is 0 Å². The lowest BCUT2D eigenvalue weighted by atomic mass is 10.2. The second-order valence-electron chi connectivity index (χ2n) is 5.33. The lowest BCUT2D eigenvalue weighted by Gasteiger charge is -2.12. The average Bonchev–Trinajstić information content (AvgIpc) is 2.37. The Kier molecular flexibility index (Phi) is 6.45. The number of nitrogens with one attached hydrogen (secondary N) is 2. The van der Waals surface area contributed by atoms with Gasteiger partial charge in [0.05, 0.1) is 6.61 Å². The van der Waals surface area contributed by atoms with E-state index in [1.54, 1.807) is 0 Å². The fraction of sp³-hybridized carbons (Fsp3) is 0.467. The minimum Gasteiger partial charge on any atom is -0.493 e. The Balaban J connectivity index is 2.48. The van der Waals surface area contributed by atoms with Crippen LogP contribution in [0.3, 0.4) is 0 Å². The molecule has 0 fully saturated rings. The molecule has 0 saturated heterocycles. The van der Waals surface area contributed by atoms with Crippen molar-refractivity contribution in [1.82, 2.24) is 5.32 Å². The third kappa shape index (κ3) is 6.02. The van der Waals surface area contributed by atoms with Crippen molar-refractivity contribution < 1.29 is 9.53 Å². The number of hydrogen-bond donors (Lipinski definition) is 2. The molecule has 20 heavy (non-hydrogen) atoms. The molecule has 1 aromatic carbocycles. The lowest BCUT2D eigenvalue weighted by molar-refractivity contribution is -0.122. The second-order valence-corrected chi connectivity index (χ2v) is 5.74. The molecular weight excluding hydrogens is 272 g/mol. The van der Waals surface area contributed by atoms with Crippen LogP contribution in [0.15, 0.2) is 24.3 Å². The highest BCUT2D eigenvalue weighted by Crippen LogP contribution is 2.16. The highest BCUT2D eigenvalue weighted by atomic mass is 32.1. The van der Waals surface area contributed by atoms with E-state index in [2.05, 4.69) is 24.5 Å². The zero-order chi connectivity index (χ0) is 15.1. The summed E-state index contributed by atoms with van der Waals surface area (Å²) < 4.78 is 5.59. The molecule has 0 radical (unpaired) electrons. The van der Waals surface area contributed by atoms with Crippen molar-refractivity contribution in [2.75, 3.05) is 11.9 Å². The molecule has 1 aromatic rings. The predicted molar refractivity (Wildman–Crippen MR) is 86.0 cm³/mol. The summed E-state index contributed by atoms with van der Waals surface area (Å²) in [6.45, 7) is 8.53. The Bertz CT molecular complexity index is 455. The topological polar surface area (TPSA) is 50.4 Å². The van der Waals surface area contributed by atoms with E-state index in [0.717, 1.165) is 11.4 Å². The number of carbonyl (C=O) groups is 1. The number of hydrogen-bond acceptors (Lipinski definition) is 3. The van der Waals surface area contributed by atoms with Crippen molar-refractivity contribution >= 4 is 28.9 Å². The number of ether oxygens (including phenoxy) is 1. The van der Waals surface area contributed by atoms with E-state index in [0.29, 0.717) is 17.6 Å². The SMILES string of the molecule is CC(C)COc1ccc(NC(=S)NC(=O)C(C)C)cc1. The summed E-state index contributed by atoms with van der Waals surface area (Å²) in [5.74, 6) is 1.12. The summed E-state index contributed by atoms with van der Waals surface area (Å²) in [5.41, 5.74) is 0.816. The standard InChI is InChI=1S/C15H22N2O2S/c1-10(2)9-19-13-7-5-12(6-8-13)16-15(20)17-14(18)11(3)4/h5-8,10-11H,9H2,1-4H3,(H2,16,17,18,20). The number of thiocarbonyl (C=S) groups is 1. The molecule has 0 spiro atoms. The lowest BCUT2D eigenvalue weighted by Crippen LogP contribution is -2.36. The molecule has 4 nitrogen and oxygen atoms in total. The molecule has 5 heteroatoms. The van der Waals surface area contributed by atoms with Crippen LogP contribution in [0, 0.1) is 11.8 Å². The zero-order valence-corrected chi connectivity index (χ0v) is 13.2. The van der Waals surface area contributed by atoms with Gasteiger partial charge in [-0.25, -0.2) is 0 Å². The second kappa shape index (κ2) is 7.85. The van der Waals surface area contributed by atoms with Gasteiger partial charge >= 0.3 is 0 Å².